The van der Waals surface area contributed by atoms with E-state index in [0.717, 1.165) is 4.31 Å². The third-order valence-electron chi connectivity index (χ3n) is 2.85. The fourth-order valence-corrected chi connectivity index (χ4v) is 3.27. The molecule has 6 nitrogen and oxygen atoms in total. The lowest BCUT2D eigenvalue weighted by Crippen LogP contribution is -2.30. The zero-order chi connectivity index (χ0) is 15.3. The molecule has 0 fully saturated rings. The Balaban J connectivity index is 2.91. The Labute approximate surface area is 119 Å². The molecule has 0 spiro atoms. The first-order chi connectivity index (χ1) is 9.30. The number of hydrogen-bond donors (Lipinski definition) is 1. The number of nitrogens with two attached hydrogens (primary N) is 1. The Bertz CT molecular complexity index is 564. The zero-order valence-electron chi connectivity index (χ0n) is 11.9. The SMILES string of the molecule is CCOC(=O)CCN(C)S(=O)(=O)c1c(C)cccc1N. The number of nitrogens with zero attached hydrogens (tertiary/aromatic N) is 1. The summed E-state index contributed by atoms with van der Waals surface area (Å²) in [5.74, 6) is -0.424. The average Bonchev–Trinajstić information content (AvgIpc) is 2.35. The predicted molar refractivity (Wildman–Crippen MR) is 76.7 cm³/mol. The van der Waals surface area contributed by atoms with E-state index in [9.17, 15) is 13.2 Å². The van der Waals surface area contributed by atoms with Crippen LogP contribution in [0, 0.1) is 6.92 Å². The minimum absolute atomic E-state index is 0.00928. The van der Waals surface area contributed by atoms with Crippen molar-refractivity contribution in [3.05, 3.63) is 23.8 Å². The van der Waals surface area contributed by atoms with Gasteiger partial charge in [0.15, 0.2) is 0 Å². The van der Waals surface area contributed by atoms with Crippen molar-refractivity contribution in [1.29, 1.82) is 0 Å². The van der Waals surface area contributed by atoms with Crippen LogP contribution in [0.3, 0.4) is 0 Å². The van der Waals surface area contributed by atoms with Crippen LogP contribution in [0.2, 0.25) is 0 Å². The molecule has 2 N–H and O–H groups in total. The Kier molecular flexibility index (Phi) is 5.52. The molecule has 0 atom stereocenters. The smallest absolute Gasteiger partial charge is 0.307 e. The van der Waals surface area contributed by atoms with Gasteiger partial charge in [-0.2, -0.15) is 0 Å². The van der Waals surface area contributed by atoms with Gasteiger partial charge in [0.25, 0.3) is 0 Å². The number of hydrogen-bond acceptors (Lipinski definition) is 5. The van der Waals surface area contributed by atoms with Gasteiger partial charge < -0.3 is 10.5 Å². The van der Waals surface area contributed by atoms with Crippen molar-refractivity contribution in [2.75, 3.05) is 25.9 Å². The highest BCUT2D eigenvalue weighted by molar-refractivity contribution is 7.89. The molecule has 7 heteroatoms. The molecule has 0 saturated heterocycles. The van der Waals surface area contributed by atoms with Crippen molar-refractivity contribution < 1.29 is 17.9 Å². The molecule has 20 heavy (non-hydrogen) atoms. The number of benzene rings is 1. The molecular formula is C13H20N2O4S. The third-order valence-corrected chi connectivity index (χ3v) is 4.92. The highest BCUT2D eigenvalue weighted by Gasteiger charge is 2.25. The number of nitrogen functional groups attached to an aromatic ring is 1. The van der Waals surface area contributed by atoms with E-state index in [1.807, 2.05) is 0 Å². The summed E-state index contributed by atoms with van der Waals surface area (Å²) in [5.41, 5.74) is 6.53. The lowest BCUT2D eigenvalue weighted by molar-refractivity contribution is -0.143. The zero-order valence-corrected chi connectivity index (χ0v) is 12.7. The Hall–Kier alpha value is -1.60. The number of esters is 1. The molecule has 0 aliphatic carbocycles. The van der Waals surface area contributed by atoms with E-state index in [-0.39, 0.29) is 30.2 Å². The summed E-state index contributed by atoms with van der Waals surface area (Å²) in [7, 11) is -2.29. The maximum atomic E-state index is 12.4. The maximum Gasteiger partial charge on any atom is 0.307 e. The van der Waals surface area contributed by atoms with E-state index in [0.29, 0.717) is 5.56 Å². The molecule has 0 aromatic heterocycles. The standard InChI is InChI=1S/C13H20N2O4S/c1-4-19-12(16)8-9-15(3)20(17,18)13-10(2)6-5-7-11(13)14/h5-7H,4,8-9,14H2,1-3H3. The summed E-state index contributed by atoms with van der Waals surface area (Å²) >= 11 is 0. The van der Waals surface area contributed by atoms with Gasteiger partial charge in [0.1, 0.15) is 4.90 Å². The van der Waals surface area contributed by atoms with Gasteiger partial charge in [0.2, 0.25) is 10.0 Å². The second-order valence-electron chi connectivity index (χ2n) is 4.37. The molecule has 0 amide bonds. The van der Waals surface area contributed by atoms with Crippen molar-refractivity contribution in [2.45, 2.75) is 25.2 Å². The number of sulfonamides is 1. The van der Waals surface area contributed by atoms with Gasteiger partial charge in [-0.15, -0.1) is 0 Å². The normalized spacial score (nSPS) is 11.6. The van der Waals surface area contributed by atoms with Crippen molar-refractivity contribution >= 4 is 21.7 Å². The molecule has 1 rings (SSSR count). The van der Waals surface area contributed by atoms with Crippen LogP contribution < -0.4 is 5.73 Å². The van der Waals surface area contributed by atoms with Crippen molar-refractivity contribution in [3.63, 3.8) is 0 Å². The minimum atomic E-state index is -3.71. The predicted octanol–water partition coefficient (Wildman–Crippen LogP) is 1.15. The van der Waals surface area contributed by atoms with E-state index in [1.54, 1.807) is 32.0 Å². The van der Waals surface area contributed by atoms with Crippen molar-refractivity contribution in [3.8, 4) is 0 Å². The maximum absolute atomic E-state index is 12.4. The molecule has 0 aliphatic heterocycles. The second kappa shape index (κ2) is 6.71. The van der Waals surface area contributed by atoms with E-state index < -0.39 is 16.0 Å². The number of carbonyl (C=O) groups excluding carboxylic acids is 1. The lowest BCUT2D eigenvalue weighted by atomic mass is 10.2. The molecular weight excluding hydrogens is 280 g/mol. The van der Waals surface area contributed by atoms with E-state index in [4.69, 9.17) is 10.5 Å². The third kappa shape index (κ3) is 3.71. The highest BCUT2D eigenvalue weighted by atomic mass is 32.2. The number of aryl methyl sites for hydroxylation is 1. The molecule has 0 unspecified atom stereocenters. The van der Waals surface area contributed by atoms with Crippen LogP contribution in [0.4, 0.5) is 5.69 Å². The Morgan fingerprint density at radius 2 is 2.05 bits per heavy atom. The van der Waals surface area contributed by atoms with Gasteiger partial charge in [0, 0.05) is 13.6 Å². The van der Waals surface area contributed by atoms with Crippen molar-refractivity contribution in [2.24, 2.45) is 0 Å². The molecule has 112 valence electrons. The molecule has 0 saturated carbocycles. The van der Waals surface area contributed by atoms with Crippen LogP contribution in [0.1, 0.15) is 18.9 Å². The molecule has 0 heterocycles. The van der Waals surface area contributed by atoms with Crippen LogP contribution in [0.5, 0.6) is 0 Å². The average molecular weight is 300 g/mol. The first-order valence-electron chi connectivity index (χ1n) is 6.27. The van der Waals surface area contributed by atoms with Crippen LogP contribution in [0.25, 0.3) is 0 Å². The molecule has 1 aromatic rings. The van der Waals surface area contributed by atoms with Gasteiger partial charge in [0.05, 0.1) is 18.7 Å². The molecule has 0 radical (unpaired) electrons. The topological polar surface area (TPSA) is 89.7 Å². The van der Waals surface area contributed by atoms with Gasteiger partial charge >= 0.3 is 5.97 Å². The first-order valence-corrected chi connectivity index (χ1v) is 7.71. The van der Waals surface area contributed by atoms with Gasteiger partial charge in [-0.25, -0.2) is 12.7 Å². The fraction of sp³-hybridized carbons (Fsp3) is 0.462. The quantitative estimate of drug-likeness (QED) is 0.629. The van der Waals surface area contributed by atoms with Gasteiger partial charge in [-0.1, -0.05) is 12.1 Å². The number of ether oxygens (including phenoxy) is 1. The first kappa shape index (κ1) is 16.5. The Morgan fingerprint density at radius 3 is 2.60 bits per heavy atom. The van der Waals surface area contributed by atoms with E-state index in [1.165, 1.54) is 7.05 Å². The summed E-state index contributed by atoms with van der Waals surface area (Å²) in [5, 5.41) is 0. The number of rotatable bonds is 6. The Morgan fingerprint density at radius 1 is 1.40 bits per heavy atom. The number of carbonyl (C=O) groups is 1. The number of anilines is 1. The largest absolute Gasteiger partial charge is 0.466 e. The fourth-order valence-electron chi connectivity index (χ4n) is 1.79. The summed E-state index contributed by atoms with van der Waals surface area (Å²) < 4.78 is 30.8. The summed E-state index contributed by atoms with van der Waals surface area (Å²) in [4.78, 5) is 11.4. The monoisotopic (exact) mass is 300 g/mol. The van der Waals surface area contributed by atoms with Crippen molar-refractivity contribution in [1.82, 2.24) is 4.31 Å². The van der Waals surface area contributed by atoms with Gasteiger partial charge in [-0.3, -0.25) is 4.79 Å². The van der Waals surface area contributed by atoms with Gasteiger partial charge in [-0.05, 0) is 25.5 Å². The van der Waals surface area contributed by atoms with Crippen LogP contribution >= 0.6 is 0 Å². The highest BCUT2D eigenvalue weighted by Crippen LogP contribution is 2.25. The lowest BCUT2D eigenvalue weighted by Gasteiger charge is -2.19. The van der Waals surface area contributed by atoms with E-state index >= 15 is 0 Å². The summed E-state index contributed by atoms with van der Waals surface area (Å²) in [6, 6.07) is 4.92. The molecule has 1 aromatic carbocycles. The summed E-state index contributed by atoms with van der Waals surface area (Å²) in [6.07, 6.45) is 0.00928. The second-order valence-corrected chi connectivity index (χ2v) is 6.36. The molecule has 0 bridgehead atoms. The van der Waals surface area contributed by atoms with Crippen LogP contribution in [-0.2, 0) is 19.6 Å². The van der Waals surface area contributed by atoms with Crippen LogP contribution in [0.15, 0.2) is 23.1 Å². The minimum Gasteiger partial charge on any atom is -0.466 e. The van der Waals surface area contributed by atoms with E-state index in [2.05, 4.69) is 0 Å². The summed E-state index contributed by atoms with van der Waals surface area (Å²) in [6.45, 7) is 3.71. The molecule has 0 aliphatic rings. The van der Waals surface area contributed by atoms with Crippen LogP contribution in [-0.4, -0.2) is 38.9 Å².